The second kappa shape index (κ2) is 5.78. The lowest BCUT2D eigenvalue weighted by Gasteiger charge is -2.48. The third-order valence-electron chi connectivity index (χ3n) is 4.85. The van der Waals surface area contributed by atoms with Crippen LogP contribution in [-0.2, 0) is 10.2 Å². The van der Waals surface area contributed by atoms with Crippen molar-refractivity contribution in [3.05, 3.63) is 35.9 Å². The van der Waals surface area contributed by atoms with Crippen LogP contribution in [0.4, 0.5) is 0 Å². The van der Waals surface area contributed by atoms with E-state index in [0.29, 0.717) is 6.04 Å². The molecule has 0 bridgehead atoms. The van der Waals surface area contributed by atoms with E-state index in [1.807, 2.05) is 49.1 Å². The lowest BCUT2D eigenvalue weighted by molar-refractivity contribution is -0.144. The van der Waals surface area contributed by atoms with Gasteiger partial charge in [-0.25, -0.2) is 0 Å². The molecule has 2 heterocycles. The molecule has 1 N–H and O–H groups in total. The fourth-order valence-electron chi connectivity index (χ4n) is 3.27. The molecule has 2 aliphatic rings. The summed E-state index contributed by atoms with van der Waals surface area (Å²) in [5, 5.41) is 3.38. The molecule has 0 saturated carbocycles. The molecule has 21 heavy (non-hydrogen) atoms. The Morgan fingerprint density at radius 2 is 1.76 bits per heavy atom. The van der Waals surface area contributed by atoms with Crippen LogP contribution in [0, 0.1) is 0 Å². The van der Waals surface area contributed by atoms with Crippen LogP contribution < -0.4 is 5.32 Å². The normalized spacial score (nSPS) is 21.1. The van der Waals surface area contributed by atoms with E-state index in [1.54, 1.807) is 0 Å². The van der Waals surface area contributed by atoms with E-state index in [9.17, 15) is 4.79 Å². The zero-order valence-electron chi connectivity index (χ0n) is 13.0. The zero-order chi connectivity index (χ0) is 14.9. The summed E-state index contributed by atoms with van der Waals surface area (Å²) >= 11 is 0. The molecule has 1 amide bonds. The number of carbonyl (C=O) groups excluding carboxylic acids is 1. The van der Waals surface area contributed by atoms with Crippen molar-refractivity contribution < 1.29 is 4.79 Å². The number of nitrogens with one attached hydrogen (secondary N) is 1. The number of hydrogen-bond acceptors (Lipinski definition) is 3. The Bertz CT molecular complexity index is 488. The van der Waals surface area contributed by atoms with E-state index in [4.69, 9.17) is 0 Å². The highest BCUT2D eigenvalue weighted by Crippen LogP contribution is 2.28. The maximum atomic E-state index is 12.8. The van der Waals surface area contributed by atoms with Gasteiger partial charge in [-0.1, -0.05) is 30.3 Å². The number of likely N-dealkylation sites (tertiary alicyclic amines) is 1. The summed E-state index contributed by atoms with van der Waals surface area (Å²) in [6.45, 7) is 10.2. The molecule has 0 spiro atoms. The molecule has 0 aromatic heterocycles. The van der Waals surface area contributed by atoms with Gasteiger partial charge in [-0.2, -0.15) is 0 Å². The first kappa shape index (κ1) is 14.5. The summed E-state index contributed by atoms with van der Waals surface area (Å²) in [5.74, 6) is 0.250. The molecular weight excluding hydrogens is 262 g/mol. The van der Waals surface area contributed by atoms with Crippen molar-refractivity contribution in [2.75, 3.05) is 39.3 Å². The molecule has 0 aliphatic carbocycles. The molecule has 3 rings (SSSR count). The molecule has 2 saturated heterocycles. The molecule has 0 unspecified atom stereocenters. The number of benzene rings is 1. The van der Waals surface area contributed by atoms with Crippen LogP contribution in [0.1, 0.15) is 19.4 Å². The predicted octanol–water partition coefficient (Wildman–Crippen LogP) is 1.08. The van der Waals surface area contributed by atoms with Gasteiger partial charge in [-0.05, 0) is 19.4 Å². The van der Waals surface area contributed by atoms with Crippen LogP contribution in [0.3, 0.4) is 0 Å². The van der Waals surface area contributed by atoms with E-state index >= 15 is 0 Å². The maximum Gasteiger partial charge on any atom is 0.232 e. The summed E-state index contributed by atoms with van der Waals surface area (Å²) < 4.78 is 0. The maximum absolute atomic E-state index is 12.8. The van der Waals surface area contributed by atoms with Gasteiger partial charge in [0, 0.05) is 45.3 Å². The van der Waals surface area contributed by atoms with Crippen LogP contribution in [0.25, 0.3) is 0 Å². The molecule has 2 fully saturated rings. The summed E-state index contributed by atoms with van der Waals surface area (Å²) in [5.41, 5.74) is 0.663. The standard InChI is InChI=1S/C17H25N3O/c1-17(2,14-6-4-3-5-7-14)16(21)20-12-15(13-20)19-10-8-18-9-11-19/h3-7,15,18H,8-13H2,1-2H3. The first-order valence-electron chi connectivity index (χ1n) is 7.89. The lowest BCUT2D eigenvalue weighted by Crippen LogP contribution is -2.65. The van der Waals surface area contributed by atoms with Gasteiger partial charge < -0.3 is 10.2 Å². The lowest BCUT2D eigenvalue weighted by atomic mass is 9.82. The predicted molar refractivity (Wildman–Crippen MR) is 84.3 cm³/mol. The first-order valence-corrected chi connectivity index (χ1v) is 7.89. The van der Waals surface area contributed by atoms with Crippen molar-refractivity contribution in [2.45, 2.75) is 25.3 Å². The minimum atomic E-state index is -0.435. The molecule has 1 aromatic rings. The van der Waals surface area contributed by atoms with Crippen LogP contribution >= 0.6 is 0 Å². The summed E-state index contributed by atoms with van der Waals surface area (Å²) in [6, 6.07) is 10.7. The second-order valence-corrected chi connectivity index (χ2v) is 6.64. The number of amides is 1. The Hall–Kier alpha value is -1.39. The highest BCUT2D eigenvalue weighted by Gasteiger charge is 2.41. The van der Waals surface area contributed by atoms with E-state index in [0.717, 1.165) is 44.8 Å². The Balaban J connectivity index is 1.60. The van der Waals surface area contributed by atoms with Crippen LogP contribution in [-0.4, -0.2) is 61.0 Å². The smallest absolute Gasteiger partial charge is 0.232 e. The van der Waals surface area contributed by atoms with Crippen LogP contribution in [0.2, 0.25) is 0 Å². The monoisotopic (exact) mass is 287 g/mol. The Morgan fingerprint density at radius 3 is 2.38 bits per heavy atom. The van der Waals surface area contributed by atoms with Crippen molar-refractivity contribution >= 4 is 5.91 Å². The first-order chi connectivity index (χ1) is 10.1. The number of piperazine rings is 1. The third kappa shape index (κ3) is 2.83. The molecular formula is C17H25N3O. The van der Waals surface area contributed by atoms with Crippen molar-refractivity contribution in [2.24, 2.45) is 0 Å². The average Bonchev–Trinajstić information content (AvgIpc) is 2.47. The molecule has 1 aromatic carbocycles. The summed E-state index contributed by atoms with van der Waals surface area (Å²) in [7, 11) is 0. The third-order valence-corrected chi connectivity index (χ3v) is 4.85. The van der Waals surface area contributed by atoms with E-state index in [2.05, 4.69) is 10.2 Å². The van der Waals surface area contributed by atoms with Crippen molar-refractivity contribution in [3.63, 3.8) is 0 Å². The molecule has 0 atom stereocenters. The molecule has 2 aliphatic heterocycles. The van der Waals surface area contributed by atoms with Crippen molar-refractivity contribution in [1.82, 2.24) is 15.1 Å². The van der Waals surface area contributed by atoms with E-state index in [-0.39, 0.29) is 5.91 Å². The minimum absolute atomic E-state index is 0.250. The molecule has 114 valence electrons. The van der Waals surface area contributed by atoms with Crippen LogP contribution in [0.15, 0.2) is 30.3 Å². The summed E-state index contributed by atoms with van der Waals surface area (Å²) in [4.78, 5) is 17.3. The van der Waals surface area contributed by atoms with Gasteiger partial charge in [-0.15, -0.1) is 0 Å². The van der Waals surface area contributed by atoms with Crippen molar-refractivity contribution in [1.29, 1.82) is 0 Å². The van der Waals surface area contributed by atoms with Gasteiger partial charge in [0.15, 0.2) is 0 Å². The van der Waals surface area contributed by atoms with Gasteiger partial charge in [0.05, 0.1) is 5.41 Å². The van der Waals surface area contributed by atoms with Gasteiger partial charge in [0.1, 0.15) is 0 Å². The van der Waals surface area contributed by atoms with E-state index in [1.165, 1.54) is 0 Å². The number of rotatable bonds is 3. The quantitative estimate of drug-likeness (QED) is 0.903. The fourth-order valence-corrected chi connectivity index (χ4v) is 3.27. The van der Waals surface area contributed by atoms with E-state index < -0.39 is 5.41 Å². The highest BCUT2D eigenvalue weighted by molar-refractivity contribution is 5.88. The Labute approximate surface area is 127 Å². The topological polar surface area (TPSA) is 35.6 Å². The fraction of sp³-hybridized carbons (Fsp3) is 0.588. The molecule has 0 radical (unpaired) electrons. The Kier molecular flexibility index (Phi) is 4.00. The molecule has 4 nitrogen and oxygen atoms in total. The zero-order valence-corrected chi connectivity index (χ0v) is 13.0. The SMILES string of the molecule is CC(C)(C(=O)N1CC(N2CCNCC2)C1)c1ccccc1. The summed E-state index contributed by atoms with van der Waals surface area (Å²) in [6.07, 6.45) is 0. The van der Waals surface area contributed by atoms with Gasteiger partial charge in [0.2, 0.25) is 5.91 Å². The van der Waals surface area contributed by atoms with Gasteiger partial charge in [-0.3, -0.25) is 9.69 Å². The second-order valence-electron chi connectivity index (χ2n) is 6.64. The Morgan fingerprint density at radius 1 is 1.14 bits per heavy atom. The average molecular weight is 287 g/mol. The van der Waals surface area contributed by atoms with Gasteiger partial charge in [0.25, 0.3) is 0 Å². The number of hydrogen-bond donors (Lipinski definition) is 1. The largest absolute Gasteiger partial charge is 0.339 e. The number of nitrogens with zero attached hydrogens (tertiary/aromatic N) is 2. The number of carbonyl (C=O) groups is 1. The van der Waals surface area contributed by atoms with Crippen LogP contribution in [0.5, 0.6) is 0 Å². The van der Waals surface area contributed by atoms with Gasteiger partial charge >= 0.3 is 0 Å². The van der Waals surface area contributed by atoms with Crippen molar-refractivity contribution in [3.8, 4) is 0 Å². The highest BCUT2D eigenvalue weighted by atomic mass is 16.2. The minimum Gasteiger partial charge on any atom is -0.339 e. The molecule has 4 heteroatoms.